The molecule has 0 aliphatic carbocycles. The normalized spacial score (nSPS) is 11.4. The molecule has 2 N–H and O–H groups in total. The van der Waals surface area contributed by atoms with Gasteiger partial charge in [-0.2, -0.15) is 13.2 Å². The van der Waals surface area contributed by atoms with E-state index >= 15 is 0 Å². The molecule has 0 unspecified atom stereocenters. The zero-order valence-electron chi connectivity index (χ0n) is 11.1. The SMILES string of the molecule is CNCCCNC(=O)CSc1cccc(C(F)(F)F)c1. The lowest BCUT2D eigenvalue weighted by Crippen LogP contribution is -2.27. The third kappa shape index (κ3) is 6.29. The van der Waals surface area contributed by atoms with Crippen LogP contribution >= 0.6 is 11.8 Å². The third-order valence-electron chi connectivity index (χ3n) is 2.46. The summed E-state index contributed by atoms with van der Waals surface area (Å²) >= 11 is 1.09. The van der Waals surface area contributed by atoms with Gasteiger partial charge in [0.05, 0.1) is 11.3 Å². The topological polar surface area (TPSA) is 41.1 Å². The van der Waals surface area contributed by atoms with E-state index in [0.29, 0.717) is 11.4 Å². The van der Waals surface area contributed by atoms with Gasteiger partial charge in [-0.25, -0.2) is 0 Å². The maximum atomic E-state index is 12.5. The maximum Gasteiger partial charge on any atom is 0.416 e. The molecule has 1 amide bonds. The Bertz CT molecular complexity index is 438. The summed E-state index contributed by atoms with van der Waals surface area (Å²) in [5.41, 5.74) is -0.697. The molecule has 112 valence electrons. The Morgan fingerprint density at radius 3 is 2.70 bits per heavy atom. The zero-order valence-corrected chi connectivity index (χ0v) is 11.9. The molecular formula is C13H17F3N2OS. The van der Waals surface area contributed by atoms with E-state index < -0.39 is 11.7 Å². The summed E-state index contributed by atoms with van der Waals surface area (Å²) in [6.07, 6.45) is -3.54. The summed E-state index contributed by atoms with van der Waals surface area (Å²) in [5, 5.41) is 5.67. The number of rotatable bonds is 7. The van der Waals surface area contributed by atoms with Gasteiger partial charge in [-0.05, 0) is 38.2 Å². The van der Waals surface area contributed by atoms with Crippen molar-refractivity contribution in [1.82, 2.24) is 10.6 Å². The van der Waals surface area contributed by atoms with Crippen LogP contribution in [0.15, 0.2) is 29.2 Å². The van der Waals surface area contributed by atoms with Gasteiger partial charge in [0.2, 0.25) is 5.91 Å². The Morgan fingerprint density at radius 2 is 2.05 bits per heavy atom. The van der Waals surface area contributed by atoms with Gasteiger partial charge < -0.3 is 10.6 Å². The number of carbonyl (C=O) groups is 1. The monoisotopic (exact) mass is 306 g/mol. The number of carbonyl (C=O) groups excluding carboxylic acids is 1. The molecule has 3 nitrogen and oxygen atoms in total. The molecule has 0 aliphatic rings. The Balaban J connectivity index is 2.40. The largest absolute Gasteiger partial charge is 0.416 e. The molecule has 0 aromatic heterocycles. The van der Waals surface area contributed by atoms with Crippen molar-refractivity contribution in [3.8, 4) is 0 Å². The average Bonchev–Trinajstić information content (AvgIpc) is 2.41. The van der Waals surface area contributed by atoms with Gasteiger partial charge in [-0.1, -0.05) is 6.07 Å². The molecule has 0 fully saturated rings. The lowest BCUT2D eigenvalue weighted by Gasteiger charge is -2.08. The van der Waals surface area contributed by atoms with E-state index in [-0.39, 0.29) is 11.7 Å². The van der Waals surface area contributed by atoms with Crippen LogP contribution in [0.3, 0.4) is 0 Å². The van der Waals surface area contributed by atoms with Crippen molar-refractivity contribution in [2.75, 3.05) is 25.9 Å². The molecule has 0 heterocycles. The minimum atomic E-state index is -4.36. The van der Waals surface area contributed by atoms with E-state index in [1.807, 2.05) is 7.05 Å². The van der Waals surface area contributed by atoms with Crippen LogP contribution in [0.2, 0.25) is 0 Å². The molecule has 7 heteroatoms. The van der Waals surface area contributed by atoms with E-state index in [4.69, 9.17) is 0 Å². The average molecular weight is 306 g/mol. The van der Waals surface area contributed by atoms with Crippen LogP contribution in [0.1, 0.15) is 12.0 Å². The first-order chi connectivity index (χ1) is 9.43. The van der Waals surface area contributed by atoms with Gasteiger partial charge in [0.15, 0.2) is 0 Å². The quantitative estimate of drug-likeness (QED) is 0.601. The van der Waals surface area contributed by atoms with E-state index in [0.717, 1.165) is 36.9 Å². The van der Waals surface area contributed by atoms with Crippen molar-refractivity contribution in [3.05, 3.63) is 29.8 Å². The molecule has 0 radical (unpaired) electrons. The van der Waals surface area contributed by atoms with Crippen LogP contribution in [-0.2, 0) is 11.0 Å². The van der Waals surface area contributed by atoms with E-state index in [1.54, 1.807) is 6.07 Å². The van der Waals surface area contributed by atoms with Gasteiger partial charge in [0.25, 0.3) is 0 Å². The number of hydrogen-bond donors (Lipinski definition) is 2. The highest BCUT2D eigenvalue weighted by Gasteiger charge is 2.30. The number of benzene rings is 1. The lowest BCUT2D eigenvalue weighted by molar-refractivity contribution is -0.137. The molecule has 0 bridgehead atoms. The Labute approximate surface area is 120 Å². The van der Waals surface area contributed by atoms with Gasteiger partial charge in [0.1, 0.15) is 0 Å². The van der Waals surface area contributed by atoms with Crippen LogP contribution in [0, 0.1) is 0 Å². The van der Waals surface area contributed by atoms with E-state index in [1.165, 1.54) is 6.07 Å². The molecule has 1 aromatic rings. The molecule has 1 rings (SSSR count). The second-order valence-corrected chi connectivity index (χ2v) is 5.17. The van der Waals surface area contributed by atoms with Crippen LogP contribution in [0.4, 0.5) is 13.2 Å². The van der Waals surface area contributed by atoms with Gasteiger partial charge in [-0.3, -0.25) is 4.79 Å². The van der Waals surface area contributed by atoms with E-state index in [2.05, 4.69) is 10.6 Å². The molecule has 20 heavy (non-hydrogen) atoms. The first kappa shape index (κ1) is 16.8. The zero-order chi connectivity index (χ0) is 15.0. The predicted octanol–water partition coefficient (Wildman–Crippen LogP) is 2.52. The summed E-state index contributed by atoms with van der Waals surface area (Å²) in [4.78, 5) is 11.9. The van der Waals surface area contributed by atoms with Crippen LogP contribution in [0.5, 0.6) is 0 Å². The Morgan fingerprint density at radius 1 is 1.30 bits per heavy atom. The predicted molar refractivity (Wildman–Crippen MR) is 73.7 cm³/mol. The fourth-order valence-electron chi connectivity index (χ4n) is 1.46. The molecule has 0 aliphatic heterocycles. The van der Waals surface area contributed by atoms with Crippen molar-refractivity contribution in [2.45, 2.75) is 17.5 Å². The number of alkyl halides is 3. The third-order valence-corrected chi connectivity index (χ3v) is 3.45. The Kier molecular flexibility index (Phi) is 6.87. The van der Waals surface area contributed by atoms with Gasteiger partial charge >= 0.3 is 6.18 Å². The van der Waals surface area contributed by atoms with Crippen molar-refractivity contribution < 1.29 is 18.0 Å². The summed E-state index contributed by atoms with van der Waals surface area (Å²) in [6.45, 7) is 1.36. The molecule has 1 aromatic carbocycles. The highest BCUT2D eigenvalue weighted by molar-refractivity contribution is 8.00. The smallest absolute Gasteiger partial charge is 0.355 e. The first-order valence-electron chi connectivity index (χ1n) is 6.15. The minimum absolute atomic E-state index is 0.112. The van der Waals surface area contributed by atoms with Crippen LogP contribution in [0.25, 0.3) is 0 Å². The van der Waals surface area contributed by atoms with Crippen molar-refractivity contribution >= 4 is 17.7 Å². The van der Waals surface area contributed by atoms with Crippen LogP contribution in [-0.4, -0.2) is 31.8 Å². The maximum absolute atomic E-state index is 12.5. The first-order valence-corrected chi connectivity index (χ1v) is 7.13. The van der Waals surface area contributed by atoms with Crippen LogP contribution < -0.4 is 10.6 Å². The lowest BCUT2D eigenvalue weighted by atomic mass is 10.2. The molecule has 0 atom stereocenters. The second kappa shape index (κ2) is 8.16. The summed E-state index contributed by atoms with van der Waals surface area (Å²) < 4.78 is 37.5. The molecule has 0 saturated carbocycles. The summed E-state index contributed by atoms with van der Waals surface area (Å²) in [6, 6.07) is 4.98. The van der Waals surface area contributed by atoms with Crippen molar-refractivity contribution in [3.63, 3.8) is 0 Å². The van der Waals surface area contributed by atoms with E-state index in [9.17, 15) is 18.0 Å². The fraction of sp³-hybridized carbons (Fsp3) is 0.462. The Hall–Kier alpha value is -1.21. The summed E-state index contributed by atoms with van der Waals surface area (Å²) in [5.74, 6) is -0.0653. The highest BCUT2D eigenvalue weighted by Crippen LogP contribution is 2.31. The fourth-order valence-corrected chi connectivity index (χ4v) is 2.24. The van der Waals surface area contributed by atoms with Crippen molar-refractivity contribution in [1.29, 1.82) is 0 Å². The number of amides is 1. The standard InChI is InChI=1S/C13H17F3N2OS/c1-17-6-3-7-18-12(19)9-20-11-5-2-4-10(8-11)13(14,15)16/h2,4-5,8,17H,3,6-7,9H2,1H3,(H,18,19). The molecule has 0 spiro atoms. The summed E-state index contributed by atoms with van der Waals surface area (Å²) in [7, 11) is 1.82. The minimum Gasteiger partial charge on any atom is -0.355 e. The second-order valence-electron chi connectivity index (χ2n) is 4.12. The van der Waals surface area contributed by atoms with Gasteiger partial charge in [0, 0.05) is 11.4 Å². The molecular weight excluding hydrogens is 289 g/mol. The molecule has 0 saturated heterocycles. The number of hydrogen-bond acceptors (Lipinski definition) is 3. The highest BCUT2D eigenvalue weighted by atomic mass is 32.2. The van der Waals surface area contributed by atoms with Crippen molar-refractivity contribution in [2.24, 2.45) is 0 Å². The van der Waals surface area contributed by atoms with Gasteiger partial charge in [-0.15, -0.1) is 11.8 Å². The number of halogens is 3. The number of thioether (sulfide) groups is 1. The number of nitrogens with one attached hydrogen (secondary N) is 2.